The van der Waals surface area contributed by atoms with E-state index in [1.165, 1.54) is 0 Å². The van der Waals surface area contributed by atoms with E-state index in [9.17, 15) is 4.79 Å². The average Bonchev–Trinajstić information content (AvgIpc) is 2.91. The second-order valence-corrected chi connectivity index (χ2v) is 6.10. The van der Waals surface area contributed by atoms with Gasteiger partial charge in [-0.25, -0.2) is 4.98 Å². The molecule has 1 aliphatic rings. The molecule has 0 unspecified atom stereocenters. The van der Waals surface area contributed by atoms with Gasteiger partial charge in [0.2, 0.25) is 5.91 Å². The average molecular weight is 297 g/mol. The Morgan fingerprint density at radius 3 is 2.85 bits per heavy atom. The number of amides is 1. The van der Waals surface area contributed by atoms with Gasteiger partial charge < -0.3 is 9.64 Å². The van der Waals surface area contributed by atoms with Crippen molar-refractivity contribution in [2.75, 3.05) is 39.9 Å². The van der Waals surface area contributed by atoms with Crippen molar-refractivity contribution in [1.82, 2.24) is 14.8 Å². The minimum absolute atomic E-state index is 0.0471. The van der Waals surface area contributed by atoms with Crippen LogP contribution in [0.1, 0.15) is 30.1 Å². The second kappa shape index (κ2) is 7.15. The molecule has 1 aromatic heterocycles. The molecule has 0 radical (unpaired) electrons. The fraction of sp³-hybridized carbons (Fsp3) is 0.714. The van der Waals surface area contributed by atoms with Gasteiger partial charge in [-0.3, -0.25) is 9.69 Å². The second-order valence-electron chi connectivity index (χ2n) is 5.21. The third kappa shape index (κ3) is 4.01. The van der Waals surface area contributed by atoms with Crippen molar-refractivity contribution in [3.05, 3.63) is 16.1 Å². The van der Waals surface area contributed by atoms with Crippen LogP contribution >= 0.6 is 11.3 Å². The van der Waals surface area contributed by atoms with Crippen LogP contribution in [0.15, 0.2) is 5.38 Å². The van der Waals surface area contributed by atoms with Crippen LogP contribution in [-0.4, -0.2) is 60.6 Å². The summed E-state index contributed by atoms with van der Waals surface area (Å²) in [5.41, 5.74) is 1.02. The summed E-state index contributed by atoms with van der Waals surface area (Å²) in [4.78, 5) is 20.8. The predicted molar refractivity (Wildman–Crippen MR) is 79.9 cm³/mol. The van der Waals surface area contributed by atoms with Crippen molar-refractivity contribution in [3.8, 4) is 0 Å². The minimum atomic E-state index is 0.0471. The zero-order valence-electron chi connectivity index (χ0n) is 12.5. The topological polar surface area (TPSA) is 45.7 Å². The number of thiazole rings is 1. The van der Waals surface area contributed by atoms with Crippen LogP contribution in [0.5, 0.6) is 0 Å². The van der Waals surface area contributed by atoms with Gasteiger partial charge in [0.25, 0.3) is 0 Å². The summed E-state index contributed by atoms with van der Waals surface area (Å²) >= 11 is 1.62. The summed E-state index contributed by atoms with van der Waals surface area (Å²) in [5, 5.41) is 3.03. The van der Waals surface area contributed by atoms with E-state index in [2.05, 4.69) is 9.88 Å². The molecule has 0 spiro atoms. The Hall–Kier alpha value is -0.980. The van der Waals surface area contributed by atoms with E-state index in [1.54, 1.807) is 16.2 Å². The van der Waals surface area contributed by atoms with Crippen LogP contribution in [-0.2, 0) is 9.53 Å². The Bertz CT molecular complexity index is 443. The number of ether oxygens (including phenoxy) is 1. The van der Waals surface area contributed by atoms with Gasteiger partial charge in [-0.2, -0.15) is 0 Å². The molecule has 0 bridgehead atoms. The van der Waals surface area contributed by atoms with Crippen molar-refractivity contribution in [2.45, 2.75) is 26.3 Å². The molecule has 20 heavy (non-hydrogen) atoms. The Kier molecular flexibility index (Phi) is 5.51. The number of rotatable bonds is 5. The monoisotopic (exact) mass is 297 g/mol. The molecule has 1 saturated heterocycles. The van der Waals surface area contributed by atoms with Crippen molar-refractivity contribution in [3.63, 3.8) is 0 Å². The van der Waals surface area contributed by atoms with Crippen LogP contribution in [0.25, 0.3) is 0 Å². The first-order valence-electron chi connectivity index (χ1n) is 7.05. The number of hydrogen-bond acceptors (Lipinski definition) is 5. The molecule has 6 heteroatoms. The summed E-state index contributed by atoms with van der Waals surface area (Å²) in [6, 6.07) is 0.0471. The highest BCUT2D eigenvalue weighted by molar-refractivity contribution is 7.09. The normalized spacial score (nSPS) is 17.9. The zero-order valence-corrected chi connectivity index (χ0v) is 13.3. The van der Waals surface area contributed by atoms with Crippen LogP contribution in [0.3, 0.4) is 0 Å². The maximum absolute atomic E-state index is 12.3. The number of aryl methyl sites for hydroxylation is 1. The van der Waals surface area contributed by atoms with Gasteiger partial charge in [0.1, 0.15) is 5.01 Å². The molecular formula is C14H23N3O2S. The third-order valence-electron chi connectivity index (χ3n) is 3.71. The van der Waals surface area contributed by atoms with Gasteiger partial charge >= 0.3 is 0 Å². The standard InChI is InChI=1S/C14H23N3O2S/c1-11-10-20-14(15-11)12(2)16(3)13(18)4-5-17-6-8-19-9-7-17/h10,12H,4-9H2,1-3H3/t12-/m0/s1. The first kappa shape index (κ1) is 15.4. The van der Waals surface area contributed by atoms with Gasteiger partial charge in [-0.05, 0) is 13.8 Å². The Morgan fingerprint density at radius 2 is 2.25 bits per heavy atom. The highest BCUT2D eigenvalue weighted by atomic mass is 32.1. The molecule has 0 aromatic carbocycles. The lowest BCUT2D eigenvalue weighted by Crippen LogP contribution is -2.39. The largest absolute Gasteiger partial charge is 0.379 e. The predicted octanol–water partition coefficient (Wildman–Crippen LogP) is 1.69. The molecule has 1 atom stereocenters. The molecule has 2 rings (SSSR count). The third-order valence-corrected chi connectivity index (χ3v) is 4.85. The minimum Gasteiger partial charge on any atom is -0.379 e. The number of morpholine rings is 1. The van der Waals surface area contributed by atoms with Crippen LogP contribution in [0.4, 0.5) is 0 Å². The van der Waals surface area contributed by atoms with Gasteiger partial charge in [0.05, 0.1) is 19.3 Å². The van der Waals surface area contributed by atoms with E-state index >= 15 is 0 Å². The van der Waals surface area contributed by atoms with Crippen LogP contribution in [0.2, 0.25) is 0 Å². The number of aromatic nitrogens is 1. The maximum Gasteiger partial charge on any atom is 0.224 e. The van der Waals surface area contributed by atoms with Crippen molar-refractivity contribution < 1.29 is 9.53 Å². The van der Waals surface area contributed by atoms with E-state index in [0.717, 1.165) is 43.5 Å². The van der Waals surface area contributed by atoms with E-state index in [0.29, 0.717) is 6.42 Å². The first-order chi connectivity index (χ1) is 9.58. The van der Waals surface area contributed by atoms with Gasteiger partial charge in [0.15, 0.2) is 0 Å². The number of hydrogen-bond donors (Lipinski definition) is 0. The fourth-order valence-corrected chi connectivity index (χ4v) is 3.10. The molecule has 1 aliphatic heterocycles. The molecule has 5 nitrogen and oxygen atoms in total. The number of nitrogens with zero attached hydrogens (tertiary/aromatic N) is 3. The van der Waals surface area contributed by atoms with Crippen LogP contribution < -0.4 is 0 Å². The van der Waals surface area contributed by atoms with E-state index in [4.69, 9.17) is 4.74 Å². The molecular weight excluding hydrogens is 274 g/mol. The first-order valence-corrected chi connectivity index (χ1v) is 7.93. The summed E-state index contributed by atoms with van der Waals surface area (Å²) in [6.07, 6.45) is 0.561. The van der Waals surface area contributed by atoms with Gasteiger partial charge in [-0.1, -0.05) is 0 Å². The molecule has 112 valence electrons. The summed E-state index contributed by atoms with van der Waals surface area (Å²) in [5.74, 6) is 0.178. The number of carbonyl (C=O) groups excluding carboxylic acids is 1. The van der Waals surface area contributed by atoms with Gasteiger partial charge in [-0.15, -0.1) is 11.3 Å². The van der Waals surface area contributed by atoms with Crippen molar-refractivity contribution in [1.29, 1.82) is 0 Å². The molecule has 1 fully saturated rings. The molecule has 0 saturated carbocycles. The van der Waals surface area contributed by atoms with Crippen molar-refractivity contribution in [2.24, 2.45) is 0 Å². The molecule has 1 amide bonds. The van der Waals surface area contributed by atoms with Crippen molar-refractivity contribution >= 4 is 17.2 Å². The highest BCUT2D eigenvalue weighted by Crippen LogP contribution is 2.22. The summed E-state index contributed by atoms with van der Waals surface area (Å²) in [6.45, 7) is 8.24. The molecule has 2 heterocycles. The lowest BCUT2D eigenvalue weighted by atomic mass is 10.2. The fourth-order valence-electron chi connectivity index (χ4n) is 2.20. The molecule has 0 aliphatic carbocycles. The lowest BCUT2D eigenvalue weighted by molar-refractivity contribution is -0.132. The molecule has 1 aromatic rings. The Morgan fingerprint density at radius 1 is 1.55 bits per heavy atom. The summed E-state index contributed by atoms with van der Waals surface area (Å²) in [7, 11) is 1.86. The zero-order chi connectivity index (χ0) is 14.5. The summed E-state index contributed by atoms with van der Waals surface area (Å²) < 4.78 is 5.31. The van der Waals surface area contributed by atoms with E-state index in [-0.39, 0.29) is 11.9 Å². The van der Waals surface area contributed by atoms with E-state index in [1.807, 2.05) is 26.3 Å². The Labute approximate surface area is 124 Å². The highest BCUT2D eigenvalue weighted by Gasteiger charge is 2.20. The van der Waals surface area contributed by atoms with Gasteiger partial charge in [0, 0.05) is 44.2 Å². The SMILES string of the molecule is Cc1csc([C@H](C)N(C)C(=O)CCN2CCOCC2)n1. The van der Waals surface area contributed by atoms with E-state index < -0.39 is 0 Å². The lowest BCUT2D eigenvalue weighted by Gasteiger charge is -2.28. The number of carbonyl (C=O) groups is 1. The maximum atomic E-state index is 12.3. The Balaban J connectivity index is 1.81. The smallest absolute Gasteiger partial charge is 0.224 e. The van der Waals surface area contributed by atoms with Crippen LogP contribution in [0, 0.1) is 6.92 Å². The molecule has 0 N–H and O–H groups in total. The quantitative estimate of drug-likeness (QED) is 0.830.